The van der Waals surface area contributed by atoms with Crippen LogP contribution in [0, 0.1) is 0 Å². The summed E-state index contributed by atoms with van der Waals surface area (Å²) >= 11 is 0. The first-order valence-electron chi connectivity index (χ1n) is 2.73. The summed E-state index contributed by atoms with van der Waals surface area (Å²) in [5, 5.41) is 0. The van der Waals surface area contributed by atoms with Crippen LogP contribution < -0.4 is 0 Å². The summed E-state index contributed by atoms with van der Waals surface area (Å²) in [7, 11) is 8.00. The average molecular weight is 121 g/mol. The predicted molar refractivity (Wildman–Crippen MR) is 45.4 cm³/mol. The monoisotopic (exact) mass is 121 g/mol. The molecule has 0 saturated heterocycles. The zero-order valence-electron chi connectivity index (χ0n) is 5.22. The largest absolute Gasteiger partial charge is 0.294 e. The molecule has 0 unspecified atom stereocenters. The molecule has 0 aliphatic carbocycles. The minimum Gasteiger partial charge on any atom is -0.294 e. The van der Waals surface area contributed by atoms with Gasteiger partial charge in [0.2, 0.25) is 0 Å². The fourth-order valence-corrected chi connectivity index (χ4v) is 0.684. The first kappa shape index (κ1) is 11.6. The molecule has 0 aromatic carbocycles. The number of nitrogens with zero attached hydrogens (tertiary/aromatic N) is 1. The van der Waals surface area contributed by atoms with Crippen LogP contribution in [0.4, 0.5) is 0 Å². The molecule has 0 saturated carbocycles. The number of aliphatic imine (C=N–C) groups is 1. The summed E-state index contributed by atoms with van der Waals surface area (Å²) in [5.74, 6) is 0. The molecule has 0 aromatic rings. The molecule has 1 heterocycles. The van der Waals surface area contributed by atoms with Crippen LogP contribution in [-0.4, -0.2) is 27.7 Å². The van der Waals surface area contributed by atoms with E-state index in [1.807, 2.05) is 0 Å². The summed E-state index contributed by atoms with van der Waals surface area (Å²) in [4.78, 5) is 4.15. The Morgan fingerprint density at radius 3 is 2.11 bits per heavy atom. The van der Waals surface area contributed by atoms with Gasteiger partial charge in [-0.1, -0.05) is 7.43 Å². The third-order valence-corrected chi connectivity index (χ3v) is 1.08. The van der Waals surface area contributed by atoms with Crippen molar-refractivity contribution in [1.29, 1.82) is 0 Å². The summed E-state index contributed by atoms with van der Waals surface area (Å²) in [5.41, 5.74) is 1.33. The molecule has 1 rings (SSSR count). The second kappa shape index (κ2) is 7.80. The fraction of sp³-hybridized carbons (Fsp3) is 0.833. The third kappa shape index (κ3) is 5.67. The first-order chi connectivity index (χ1) is 3.89. The SMILES string of the molecule is C.CC1=NCCC1.[B][B]. The van der Waals surface area contributed by atoms with Crippen LogP contribution in [-0.2, 0) is 0 Å². The Labute approximate surface area is 60.8 Å². The maximum atomic E-state index is 4.15. The molecule has 0 amide bonds. The molecule has 0 atom stereocenters. The Hall–Kier alpha value is -0.200. The Balaban J connectivity index is 0. The fourth-order valence-electron chi connectivity index (χ4n) is 0.684. The maximum Gasteiger partial charge on any atom is 0.0392 e. The van der Waals surface area contributed by atoms with E-state index >= 15 is 0 Å². The minimum absolute atomic E-state index is 0. The Kier molecular flexibility index (Phi) is 10.0. The highest BCUT2D eigenvalue weighted by Gasteiger charge is 1.96. The molecular formula is C6H13B2N. The number of rotatable bonds is 0. The van der Waals surface area contributed by atoms with Crippen LogP contribution in [0.15, 0.2) is 4.99 Å². The maximum absolute atomic E-state index is 4.15. The van der Waals surface area contributed by atoms with E-state index in [1.165, 1.54) is 18.6 Å². The van der Waals surface area contributed by atoms with Crippen LogP contribution >= 0.6 is 0 Å². The van der Waals surface area contributed by atoms with E-state index in [9.17, 15) is 0 Å². The standard InChI is InChI=1S/C5H9N.CH4.B2/c1-5-3-2-4-6-5;;1-2/h2-4H2,1H3;1H4;. The van der Waals surface area contributed by atoms with Crippen molar-refractivity contribution in [2.24, 2.45) is 4.99 Å². The van der Waals surface area contributed by atoms with Crippen molar-refractivity contribution < 1.29 is 0 Å². The number of hydrogen-bond acceptors (Lipinski definition) is 1. The molecule has 3 heteroatoms. The molecule has 48 valence electrons. The van der Waals surface area contributed by atoms with Gasteiger partial charge in [-0.2, -0.15) is 0 Å². The Morgan fingerprint density at radius 1 is 1.44 bits per heavy atom. The van der Waals surface area contributed by atoms with Gasteiger partial charge in [-0.05, 0) is 19.8 Å². The highest BCUT2D eigenvalue weighted by atomic mass is 14.7. The van der Waals surface area contributed by atoms with E-state index in [-0.39, 0.29) is 7.43 Å². The zero-order valence-corrected chi connectivity index (χ0v) is 5.22. The van der Waals surface area contributed by atoms with Gasteiger partial charge < -0.3 is 0 Å². The molecule has 0 spiro atoms. The van der Waals surface area contributed by atoms with Gasteiger partial charge in [0, 0.05) is 27.7 Å². The normalized spacial score (nSPS) is 14.6. The second-order valence-electron chi connectivity index (χ2n) is 1.72. The second-order valence-corrected chi connectivity index (χ2v) is 1.72. The molecule has 0 fully saturated rings. The molecule has 1 nitrogen and oxygen atoms in total. The van der Waals surface area contributed by atoms with E-state index in [4.69, 9.17) is 0 Å². The summed E-state index contributed by atoms with van der Waals surface area (Å²) in [6.45, 7) is 3.17. The van der Waals surface area contributed by atoms with Gasteiger partial charge in [0.1, 0.15) is 0 Å². The van der Waals surface area contributed by atoms with E-state index < -0.39 is 0 Å². The van der Waals surface area contributed by atoms with Gasteiger partial charge in [0.05, 0.1) is 0 Å². The molecular weight excluding hydrogens is 108 g/mol. The molecule has 1 aliphatic heterocycles. The smallest absolute Gasteiger partial charge is 0.0392 e. The van der Waals surface area contributed by atoms with Gasteiger partial charge in [0.15, 0.2) is 0 Å². The Morgan fingerprint density at radius 2 is 2.00 bits per heavy atom. The molecule has 9 heavy (non-hydrogen) atoms. The van der Waals surface area contributed by atoms with E-state index in [0.29, 0.717) is 0 Å². The van der Waals surface area contributed by atoms with Crippen molar-refractivity contribution in [2.45, 2.75) is 27.2 Å². The van der Waals surface area contributed by atoms with Crippen molar-refractivity contribution in [3.8, 4) is 0 Å². The molecule has 0 N–H and O–H groups in total. The lowest BCUT2D eigenvalue weighted by atomic mass is 9.81. The van der Waals surface area contributed by atoms with Crippen molar-refractivity contribution in [3.63, 3.8) is 0 Å². The highest BCUT2D eigenvalue weighted by molar-refractivity contribution is 6.75. The van der Waals surface area contributed by atoms with Gasteiger partial charge in [-0.3, -0.25) is 4.99 Å². The van der Waals surface area contributed by atoms with Crippen molar-refractivity contribution in [2.75, 3.05) is 6.54 Å². The van der Waals surface area contributed by atoms with Crippen LogP contribution in [0.2, 0.25) is 0 Å². The summed E-state index contributed by atoms with van der Waals surface area (Å²) < 4.78 is 0. The zero-order chi connectivity index (χ0) is 6.41. The van der Waals surface area contributed by atoms with Gasteiger partial charge in [0.25, 0.3) is 0 Å². The molecule has 0 bridgehead atoms. The van der Waals surface area contributed by atoms with E-state index in [1.54, 1.807) is 0 Å². The van der Waals surface area contributed by atoms with E-state index in [2.05, 4.69) is 27.4 Å². The lowest BCUT2D eigenvalue weighted by Gasteiger charge is -1.76. The van der Waals surface area contributed by atoms with Gasteiger partial charge >= 0.3 is 0 Å². The topological polar surface area (TPSA) is 12.4 Å². The quantitative estimate of drug-likeness (QED) is 0.425. The van der Waals surface area contributed by atoms with Gasteiger partial charge in [-0.15, -0.1) is 0 Å². The molecule has 1 aliphatic rings. The molecule has 0 aromatic heterocycles. The average Bonchev–Trinajstić information content (AvgIpc) is 2.24. The highest BCUT2D eigenvalue weighted by Crippen LogP contribution is 2.00. The van der Waals surface area contributed by atoms with Crippen molar-refractivity contribution in [3.05, 3.63) is 0 Å². The minimum atomic E-state index is 0. The lowest BCUT2D eigenvalue weighted by molar-refractivity contribution is 0.951. The van der Waals surface area contributed by atoms with Crippen LogP contribution in [0.3, 0.4) is 0 Å². The van der Waals surface area contributed by atoms with Crippen molar-refractivity contribution >= 4 is 21.2 Å². The van der Waals surface area contributed by atoms with Gasteiger partial charge in [-0.25, -0.2) is 0 Å². The lowest BCUT2D eigenvalue weighted by Crippen LogP contribution is -1.77. The Bertz CT molecular complexity index is 81.1. The predicted octanol–water partition coefficient (Wildman–Crippen LogP) is 1.12. The van der Waals surface area contributed by atoms with Crippen LogP contribution in [0.1, 0.15) is 27.2 Å². The summed E-state index contributed by atoms with van der Waals surface area (Å²) in [6.07, 6.45) is 2.52. The van der Waals surface area contributed by atoms with E-state index in [0.717, 1.165) is 6.54 Å². The van der Waals surface area contributed by atoms with Crippen LogP contribution in [0.5, 0.6) is 0 Å². The summed E-state index contributed by atoms with van der Waals surface area (Å²) in [6, 6.07) is 0. The number of hydrogen-bond donors (Lipinski definition) is 0. The first-order valence-corrected chi connectivity index (χ1v) is 2.73. The van der Waals surface area contributed by atoms with Crippen molar-refractivity contribution in [1.82, 2.24) is 0 Å². The third-order valence-electron chi connectivity index (χ3n) is 1.08. The molecule has 4 radical (unpaired) electrons. The van der Waals surface area contributed by atoms with Crippen LogP contribution in [0.25, 0.3) is 0 Å².